The van der Waals surface area contributed by atoms with Crippen molar-refractivity contribution in [3.8, 4) is 0 Å². The molecule has 0 bridgehead atoms. The minimum Gasteiger partial charge on any atom is -0.768 e. The van der Waals surface area contributed by atoms with E-state index in [1.807, 2.05) is 0 Å². The number of nitrogen functional groups attached to an aromatic ring is 1. The molecule has 0 radical (unpaired) electrons. The van der Waals surface area contributed by atoms with Crippen LogP contribution in [0, 0.1) is 5.82 Å². The molecule has 0 saturated carbocycles. The van der Waals surface area contributed by atoms with E-state index >= 15 is 0 Å². The monoisotopic (exact) mass is 197 g/mol. The first kappa shape index (κ1) is 12.1. The van der Waals surface area contributed by atoms with Gasteiger partial charge in [-0.15, -0.1) is 0 Å². The first-order valence-electron chi connectivity index (χ1n) is 2.75. The molecule has 3 nitrogen and oxygen atoms in total. The second kappa shape index (κ2) is 4.94. The smallest absolute Gasteiger partial charge is 0.768 e. The van der Waals surface area contributed by atoms with E-state index in [0.717, 1.165) is 12.1 Å². The van der Waals surface area contributed by atoms with Gasteiger partial charge in [0.15, 0.2) is 0 Å². The molecule has 12 heavy (non-hydrogen) atoms. The molecule has 1 aromatic carbocycles. The van der Waals surface area contributed by atoms with Crippen LogP contribution in [-0.4, -0.2) is 8.76 Å². The van der Waals surface area contributed by atoms with Gasteiger partial charge in [-0.05, 0) is 29.3 Å². The summed E-state index contributed by atoms with van der Waals surface area (Å²) in [5.41, 5.74) is 5.39. The quantitative estimate of drug-likeness (QED) is 0.311. The van der Waals surface area contributed by atoms with Gasteiger partial charge in [-0.2, -0.15) is 0 Å². The van der Waals surface area contributed by atoms with Gasteiger partial charge in [-0.1, -0.05) is 0 Å². The van der Waals surface area contributed by atoms with E-state index < -0.39 is 16.9 Å². The van der Waals surface area contributed by atoms with Gasteiger partial charge in [0.25, 0.3) is 0 Å². The Morgan fingerprint density at radius 1 is 1.50 bits per heavy atom. The van der Waals surface area contributed by atoms with Gasteiger partial charge in [-0.25, -0.2) is 4.39 Å². The van der Waals surface area contributed by atoms with Crippen LogP contribution in [0.1, 0.15) is 0 Å². The Bertz CT molecular complexity index is 308. The fourth-order valence-corrected chi connectivity index (χ4v) is 1.05. The maximum atomic E-state index is 12.6. The van der Waals surface area contributed by atoms with Crippen LogP contribution in [0.15, 0.2) is 23.1 Å². The van der Waals surface area contributed by atoms with Crippen molar-refractivity contribution in [2.75, 3.05) is 5.73 Å². The van der Waals surface area contributed by atoms with Crippen molar-refractivity contribution in [2.24, 2.45) is 0 Å². The number of nitrogens with two attached hydrogens (primary N) is 1. The average Bonchev–Trinajstić information content (AvgIpc) is 1.85. The van der Waals surface area contributed by atoms with Crippen molar-refractivity contribution >= 4 is 16.8 Å². The standard InChI is InChI=1S/C6H6FNO2S.Na/c7-5-3-4(8)1-2-6(5)11(9)10;/h1-3H,8H2,(H,9,10);/q;+1/p-1. The van der Waals surface area contributed by atoms with E-state index in [9.17, 15) is 13.2 Å². The maximum absolute atomic E-state index is 12.6. The van der Waals surface area contributed by atoms with Crippen LogP contribution in [0.4, 0.5) is 10.1 Å². The third-order valence-electron chi connectivity index (χ3n) is 1.14. The molecule has 0 fully saturated rings. The Morgan fingerprint density at radius 3 is 2.50 bits per heavy atom. The molecule has 0 aliphatic rings. The Morgan fingerprint density at radius 2 is 2.08 bits per heavy atom. The van der Waals surface area contributed by atoms with Gasteiger partial charge in [0.05, 0.1) is 4.90 Å². The summed E-state index contributed by atoms with van der Waals surface area (Å²) in [7, 11) is 0. The minimum atomic E-state index is -2.53. The van der Waals surface area contributed by atoms with Crippen molar-refractivity contribution in [1.82, 2.24) is 0 Å². The first-order valence-corrected chi connectivity index (χ1v) is 3.83. The summed E-state index contributed by atoms with van der Waals surface area (Å²) in [5.74, 6) is -0.821. The predicted octanol–water partition coefficient (Wildman–Crippen LogP) is -2.35. The molecule has 60 valence electrons. The molecule has 0 aliphatic carbocycles. The van der Waals surface area contributed by atoms with Crippen LogP contribution in [0.5, 0.6) is 0 Å². The summed E-state index contributed by atoms with van der Waals surface area (Å²) < 4.78 is 33.1. The molecule has 1 aromatic rings. The Balaban J connectivity index is 0.00000121. The zero-order chi connectivity index (χ0) is 8.43. The van der Waals surface area contributed by atoms with Crippen LogP contribution in [0.2, 0.25) is 0 Å². The van der Waals surface area contributed by atoms with Gasteiger partial charge >= 0.3 is 29.6 Å². The van der Waals surface area contributed by atoms with Crippen molar-refractivity contribution in [2.45, 2.75) is 4.90 Å². The van der Waals surface area contributed by atoms with E-state index in [0.29, 0.717) is 0 Å². The van der Waals surface area contributed by atoms with Crippen molar-refractivity contribution < 1.29 is 42.7 Å². The van der Waals surface area contributed by atoms with Crippen molar-refractivity contribution in [3.05, 3.63) is 24.0 Å². The predicted molar refractivity (Wildman–Crippen MR) is 38.0 cm³/mol. The molecule has 2 N–H and O–H groups in total. The zero-order valence-corrected chi connectivity index (χ0v) is 9.23. The van der Waals surface area contributed by atoms with Gasteiger partial charge in [-0.3, -0.25) is 4.21 Å². The van der Waals surface area contributed by atoms with Crippen molar-refractivity contribution in [3.63, 3.8) is 0 Å². The van der Waals surface area contributed by atoms with E-state index in [2.05, 4.69) is 0 Å². The van der Waals surface area contributed by atoms with E-state index in [1.165, 1.54) is 6.07 Å². The summed E-state index contributed by atoms with van der Waals surface area (Å²) in [4.78, 5) is -0.362. The zero-order valence-electron chi connectivity index (χ0n) is 6.41. The number of rotatable bonds is 1. The fraction of sp³-hybridized carbons (Fsp3) is 0. The van der Waals surface area contributed by atoms with Gasteiger partial charge in [0, 0.05) is 5.69 Å². The van der Waals surface area contributed by atoms with E-state index in [1.54, 1.807) is 0 Å². The first-order chi connectivity index (χ1) is 5.11. The minimum absolute atomic E-state index is 0. The van der Waals surface area contributed by atoms with Gasteiger partial charge in [0.1, 0.15) is 5.82 Å². The third-order valence-corrected chi connectivity index (χ3v) is 1.83. The fourth-order valence-electron chi connectivity index (χ4n) is 0.652. The largest absolute Gasteiger partial charge is 1.00 e. The van der Waals surface area contributed by atoms with Crippen LogP contribution in [0.25, 0.3) is 0 Å². The summed E-state index contributed by atoms with van der Waals surface area (Å²) >= 11 is -2.53. The topological polar surface area (TPSA) is 66.2 Å². The molecule has 1 unspecified atom stereocenters. The molecule has 0 aromatic heterocycles. The summed E-state index contributed by atoms with van der Waals surface area (Å²) in [6.45, 7) is 0. The normalized spacial score (nSPS) is 11.8. The van der Waals surface area contributed by atoms with Gasteiger partial charge < -0.3 is 10.3 Å². The summed E-state index contributed by atoms with van der Waals surface area (Å²) in [6.07, 6.45) is 0. The second-order valence-corrected chi connectivity index (χ2v) is 2.83. The molecule has 1 atom stereocenters. The summed E-state index contributed by atoms with van der Waals surface area (Å²) in [5, 5.41) is 0. The summed E-state index contributed by atoms with van der Waals surface area (Å²) in [6, 6.07) is 3.41. The van der Waals surface area contributed by atoms with E-state index in [4.69, 9.17) is 5.73 Å². The second-order valence-electron chi connectivity index (χ2n) is 1.92. The van der Waals surface area contributed by atoms with E-state index in [-0.39, 0.29) is 40.1 Å². The molecule has 0 saturated heterocycles. The van der Waals surface area contributed by atoms with Crippen LogP contribution in [-0.2, 0) is 11.1 Å². The number of halogens is 1. The van der Waals surface area contributed by atoms with Crippen LogP contribution < -0.4 is 35.3 Å². The molecule has 0 aliphatic heterocycles. The van der Waals surface area contributed by atoms with Crippen LogP contribution >= 0.6 is 0 Å². The number of benzene rings is 1. The molecule has 0 heterocycles. The number of hydrogen-bond donors (Lipinski definition) is 1. The molecule has 0 amide bonds. The molecule has 1 rings (SSSR count). The maximum Gasteiger partial charge on any atom is 1.00 e. The SMILES string of the molecule is Nc1ccc(S(=O)[O-])c(F)c1.[Na+]. The number of anilines is 1. The Hall–Kier alpha value is 0.0600. The average molecular weight is 197 g/mol. The molecular formula is C6H5FNNaO2S. The Kier molecular flexibility index (Phi) is 4.96. The molecular weight excluding hydrogens is 192 g/mol. The number of hydrogen-bond acceptors (Lipinski definition) is 3. The van der Waals surface area contributed by atoms with Crippen molar-refractivity contribution in [1.29, 1.82) is 0 Å². The van der Waals surface area contributed by atoms with Crippen LogP contribution in [0.3, 0.4) is 0 Å². The van der Waals surface area contributed by atoms with Gasteiger partial charge in [0.2, 0.25) is 0 Å². The third kappa shape index (κ3) is 2.84. The molecule has 0 spiro atoms. The Labute approximate surface area is 93.7 Å². The molecule has 6 heteroatoms.